The van der Waals surface area contributed by atoms with Crippen LogP contribution in [0.2, 0.25) is 0 Å². The highest BCUT2D eigenvalue weighted by Gasteiger charge is 2.11. The van der Waals surface area contributed by atoms with Crippen LogP contribution < -0.4 is 0 Å². The summed E-state index contributed by atoms with van der Waals surface area (Å²) in [5, 5.41) is 0. The van der Waals surface area contributed by atoms with Gasteiger partial charge < -0.3 is 4.42 Å². The Morgan fingerprint density at radius 3 is 2.06 bits per heavy atom. The van der Waals surface area contributed by atoms with Crippen LogP contribution in [0.25, 0.3) is 5.70 Å². The molecule has 0 aliphatic carbocycles. The van der Waals surface area contributed by atoms with E-state index in [4.69, 9.17) is 14.4 Å². The summed E-state index contributed by atoms with van der Waals surface area (Å²) >= 11 is 0. The van der Waals surface area contributed by atoms with E-state index < -0.39 is 0 Å². The predicted molar refractivity (Wildman–Crippen MR) is 132 cm³/mol. The van der Waals surface area contributed by atoms with Gasteiger partial charge in [0, 0.05) is 18.5 Å². The molecular weight excluding hydrogens is 380 g/mol. The fourth-order valence-electron chi connectivity index (χ4n) is 3.26. The molecule has 0 saturated carbocycles. The topological polar surface area (TPSA) is 37.9 Å². The second-order valence-electron chi connectivity index (χ2n) is 7.66. The van der Waals surface area contributed by atoms with E-state index in [0.29, 0.717) is 6.42 Å². The van der Waals surface area contributed by atoms with Gasteiger partial charge in [0.1, 0.15) is 5.76 Å². The number of allylic oxidation sites excluding steroid dienone is 3. The normalized spacial score (nSPS) is 12.7. The van der Waals surface area contributed by atoms with Gasteiger partial charge in [-0.15, -0.1) is 0 Å². The van der Waals surface area contributed by atoms with Crippen LogP contribution in [0.15, 0.2) is 111 Å². The van der Waals surface area contributed by atoms with Crippen LogP contribution in [0, 0.1) is 0 Å². The number of nitrogens with zero attached hydrogens (tertiary/aromatic N) is 2. The van der Waals surface area contributed by atoms with Gasteiger partial charge in [-0.05, 0) is 51.0 Å². The molecule has 0 aliphatic rings. The first-order chi connectivity index (χ1) is 15.1. The zero-order chi connectivity index (χ0) is 22.1. The number of hydrogen-bond donors (Lipinski definition) is 0. The number of aliphatic imine (C=N–C) groups is 2. The summed E-state index contributed by atoms with van der Waals surface area (Å²) in [4.78, 5) is 10.1. The molecule has 158 valence electrons. The third kappa shape index (κ3) is 6.51. The molecule has 3 aromatic rings. The SMILES string of the molecule is C/C=C(\N=C(Cc1ccccc1)C(C)=NC(Cc1ccco1)=C(C)C)c1ccccc1. The van der Waals surface area contributed by atoms with Gasteiger partial charge in [0.25, 0.3) is 0 Å². The van der Waals surface area contributed by atoms with E-state index in [1.165, 1.54) is 11.1 Å². The van der Waals surface area contributed by atoms with Crippen molar-refractivity contribution in [3.8, 4) is 0 Å². The van der Waals surface area contributed by atoms with Gasteiger partial charge in [-0.25, -0.2) is 0 Å². The van der Waals surface area contributed by atoms with Gasteiger partial charge in [0.05, 0.1) is 23.4 Å². The minimum atomic E-state index is 0.667. The predicted octanol–water partition coefficient (Wildman–Crippen LogP) is 7.32. The Morgan fingerprint density at radius 1 is 0.806 bits per heavy atom. The van der Waals surface area contributed by atoms with Crippen molar-refractivity contribution in [2.45, 2.75) is 40.5 Å². The van der Waals surface area contributed by atoms with Crippen molar-refractivity contribution < 1.29 is 4.42 Å². The molecular formula is C28H30N2O. The Kier molecular flexibility index (Phi) is 7.94. The summed E-state index contributed by atoms with van der Waals surface area (Å²) in [6.45, 7) is 8.25. The minimum absolute atomic E-state index is 0.667. The van der Waals surface area contributed by atoms with Crippen LogP contribution in [0.4, 0.5) is 0 Å². The number of furan rings is 1. The monoisotopic (exact) mass is 410 g/mol. The van der Waals surface area contributed by atoms with Gasteiger partial charge in [-0.3, -0.25) is 9.98 Å². The Balaban J connectivity index is 2.00. The highest BCUT2D eigenvalue weighted by Crippen LogP contribution is 2.19. The van der Waals surface area contributed by atoms with Crippen molar-refractivity contribution in [3.63, 3.8) is 0 Å². The third-order valence-electron chi connectivity index (χ3n) is 5.03. The van der Waals surface area contributed by atoms with Crippen LogP contribution in [-0.4, -0.2) is 11.4 Å². The lowest BCUT2D eigenvalue weighted by atomic mass is 10.0. The molecule has 3 heteroatoms. The van der Waals surface area contributed by atoms with E-state index in [1.807, 2.05) is 50.2 Å². The smallest absolute Gasteiger partial charge is 0.109 e. The fraction of sp³-hybridized carbons (Fsp3) is 0.214. The average molecular weight is 411 g/mol. The summed E-state index contributed by atoms with van der Waals surface area (Å²) in [5.74, 6) is 0.910. The number of benzene rings is 2. The maximum atomic E-state index is 5.55. The Labute approximate surface area is 185 Å². The molecule has 1 aromatic heterocycles. The molecule has 2 aromatic carbocycles. The maximum absolute atomic E-state index is 5.55. The molecule has 3 rings (SSSR count). The molecule has 0 radical (unpaired) electrons. The highest BCUT2D eigenvalue weighted by molar-refractivity contribution is 6.42. The molecule has 3 nitrogen and oxygen atoms in total. The van der Waals surface area contributed by atoms with Gasteiger partial charge in [0.15, 0.2) is 0 Å². The summed E-state index contributed by atoms with van der Waals surface area (Å²) in [5.41, 5.74) is 7.32. The van der Waals surface area contributed by atoms with Gasteiger partial charge in [-0.2, -0.15) is 0 Å². The van der Waals surface area contributed by atoms with Crippen LogP contribution in [0.1, 0.15) is 44.6 Å². The highest BCUT2D eigenvalue weighted by atomic mass is 16.3. The lowest BCUT2D eigenvalue weighted by Crippen LogP contribution is -2.15. The second kappa shape index (κ2) is 11.1. The zero-order valence-electron chi connectivity index (χ0n) is 18.8. The first kappa shape index (κ1) is 22.2. The van der Waals surface area contributed by atoms with Gasteiger partial charge >= 0.3 is 0 Å². The molecule has 0 bridgehead atoms. The van der Waals surface area contributed by atoms with Crippen LogP contribution in [-0.2, 0) is 12.8 Å². The first-order valence-electron chi connectivity index (χ1n) is 10.6. The lowest BCUT2D eigenvalue weighted by Gasteiger charge is -2.11. The molecule has 0 aliphatic heterocycles. The molecule has 0 N–H and O–H groups in total. The zero-order valence-corrected chi connectivity index (χ0v) is 18.8. The molecule has 31 heavy (non-hydrogen) atoms. The molecule has 0 fully saturated rings. The van der Waals surface area contributed by atoms with E-state index >= 15 is 0 Å². The van der Waals surface area contributed by atoms with Crippen molar-refractivity contribution >= 4 is 17.1 Å². The lowest BCUT2D eigenvalue weighted by molar-refractivity contribution is 0.518. The van der Waals surface area contributed by atoms with E-state index in [2.05, 4.69) is 56.3 Å². The second-order valence-corrected chi connectivity index (χ2v) is 7.66. The number of rotatable bonds is 8. The quantitative estimate of drug-likeness (QED) is 0.358. The molecule has 0 amide bonds. The Bertz CT molecular complexity index is 1080. The molecule has 1 heterocycles. The standard InChI is InChI=1S/C28H30N2O/c1-5-26(24-15-10-7-11-16-24)30-28(19-23-13-8-6-9-14-23)22(4)29-27(21(2)3)20-25-17-12-18-31-25/h5-18H,19-20H2,1-4H3/b26-5-,29-22?,30-28?. The summed E-state index contributed by atoms with van der Waals surface area (Å²) in [6, 6.07) is 24.6. The molecule has 0 saturated heterocycles. The third-order valence-corrected chi connectivity index (χ3v) is 5.03. The van der Waals surface area contributed by atoms with Crippen molar-refractivity contribution in [2.75, 3.05) is 0 Å². The summed E-state index contributed by atoms with van der Waals surface area (Å²) in [7, 11) is 0. The Morgan fingerprint density at radius 2 is 1.48 bits per heavy atom. The number of hydrogen-bond acceptors (Lipinski definition) is 3. The van der Waals surface area contributed by atoms with E-state index in [0.717, 1.165) is 40.6 Å². The molecule has 0 unspecified atom stereocenters. The first-order valence-corrected chi connectivity index (χ1v) is 10.6. The molecule has 0 atom stereocenters. The van der Waals surface area contributed by atoms with E-state index in [-0.39, 0.29) is 0 Å². The van der Waals surface area contributed by atoms with Crippen molar-refractivity contribution in [2.24, 2.45) is 9.98 Å². The van der Waals surface area contributed by atoms with Crippen molar-refractivity contribution in [1.29, 1.82) is 0 Å². The van der Waals surface area contributed by atoms with Crippen LogP contribution in [0.3, 0.4) is 0 Å². The van der Waals surface area contributed by atoms with E-state index in [9.17, 15) is 0 Å². The fourth-order valence-corrected chi connectivity index (χ4v) is 3.26. The van der Waals surface area contributed by atoms with Crippen LogP contribution in [0.5, 0.6) is 0 Å². The Hall–Kier alpha value is -3.46. The summed E-state index contributed by atoms with van der Waals surface area (Å²) < 4.78 is 5.55. The van der Waals surface area contributed by atoms with Crippen molar-refractivity contribution in [1.82, 2.24) is 0 Å². The van der Waals surface area contributed by atoms with E-state index in [1.54, 1.807) is 6.26 Å². The average Bonchev–Trinajstić information content (AvgIpc) is 3.30. The van der Waals surface area contributed by atoms with Crippen LogP contribution >= 0.6 is 0 Å². The minimum Gasteiger partial charge on any atom is -0.469 e. The largest absolute Gasteiger partial charge is 0.469 e. The summed E-state index contributed by atoms with van der Waals surface area (Å²) in [6.07, 6.45) is 5.14. The maximum Gasteiger partial charge on any atom is 0.109 e. The molecule has 0 spiro atoms. The van der Waals surface area contributed by atoms with Crippen molar-refractivity contribution in [3.05, 3.63) is 113 Å². The van der Waals surface area contributed by atoms with Gasteiger partial charge in [0.2, 0.25) is 0 Å². The van der Waals surface area contributed by atoms with Gasteiger partial charge in [-0.1, -0.05) is 72.3 Å².